The summed E-state index contributed by atoms with van der Waals surface area (Å²) in [4.78, 5) is 14.3. The number of carbonyl (C=O) groups excluding carboxylic acids is 1. The van der Waals surface area contributed by atoms with Crippen LogP contribution in [0.4, 0.5) is 0 Å². The molecular weight excluding hydrogens is 432 g/mol. The van der Waals surface area contributed by atoms with Crippen LogP contribution in [0.25, 0.3) is 17.1 Å². The first kappa shape index (κ1) is 21.6. The van der Waals surface area contributed by atoms with E-state index in [0.29, 0.717) is 17.4 Å². The second-order valence-electron chi connectivity index (χ2n) is 7.70. The fourth-order valence-electron chi connectivity index (χ4n) is 3.66. The van der Waals surface area contributed by atoms with Gasteiger partial charge in [0.05, 0.1) is 17.3 Å². The number of amides is 1. The van der Waals surface area contributed by atoms with Crippen LogP contribution in [-0.4, -0.2) is 64.3 Å². The second kappa shape index (κ2) is 8.84. The Morgan fingerprint density at radius 1 is 1.16 bits per heavy atom. The van der Waals surface area contributed by atoms with Crippen molar-refractivity contribution < 1.29 is 13.2 Å². The van der Waals surface area contributed by atoms with Gasteiger partial charge in [-0.1, -0.05) is 53.7 Å². The fraction of sp³-hybridized carbons (Fsp3) is 0.318. The fourth-order valence-corrected chi connectivity index (χ4v) is 6.31. The second-order valence-corrected chi connectivity index (χ2v) is 10.9. The van der Waals surface area contributed by atoms with E-state index in [-0.39, 0.29) is 29.2 Å². The predicted octanol–water partition coefficient (Wildman–Crippen LogP) is 2.98. The highest BCUT2D eigenvalue weighted by molar-refractivity contribution is 7.99. The third-order valence-electron chi connectivity index (χ3n) is 5.40. The maximum Gasteiger partial charge on any atom is 0.233 e. The summed E-state index contributed by atoms with van der Waals surface area (Å²) in [6, 6.07) is 17.6. The van der Waals surface area contributed by atoms with Crippen molar-refractivity contribution in [3.63, 3.8) is 0 Å². The van der Waals surface area contributed by atoms with Gasteiger partial charge in [0.25, 0.3) is 0 Å². The zero-order chi connectivity index (χ0) is 22.0. The Morgan fingerprint density at radius 3 is 2.61 bits per heavy atom. The van der Waals surface area contributed by atoms with Gasteiger partial charge in [0.15, 0.2) is 20.8 Å². The number of hydrogen-bond acceptors (Lipinski definition) is 6. The molecule has 3 aromatic rings. The van der Waals surface area contributed by atoms with Crippen molar-refractivity contribution in [2.24, 2.45) is 0 Å². The molecule has 7 nitrogen and oxygen atoms in total. The van der Waals surface area contributed by atoms with Gasteiger partial charge in [-0.2, -0.15) is 0 Å². The number of hydrogen-bond donors (Lipinski definition) is 0. The summed E-state index contributed by atoms with van der Waals surface area (Å²) in [7, 11) is -1.37. The zero-order valence-electron chi connectivity index (χ0n) is 17.4. The van der Waals surface area contributed by atoms with Gasteiger partial charge in [0, 0.05) is 24.3 Å². The Kier molecular flexibility index (Phi) is 6.15. The van der Waals surface area contributed by atoms with Gasteiger partial charge in [0.1, 0.15) is 0 Å². The van der Waals surface area contributed by atoms with Gasteiger partial charge in [-0.25, -0.2) is 8.42 Å². The minimum atomic E-state index is -3.04. The number of nitrogens with zero attached hydrogens (tertiary/aromatic N) is 4. The number of sulfone groups is 1. The Labute approximate surface area is 186 Å². The summed E-state index contributed by atoms with van der Waals surface area (Å²) >= 11 is 1.31. The number of aryl methyl sites for hydroxylation is 1. The number of thioether (sulfide) groups is 1. The minimum absolute atomic E-state index is 0.0393. The smallest absolute Gasteiger partial charge is 0.233 e. The largest absolute Gasteiger partial charge is 0.341 e. The highest BCUT2D eigenvalue weighted by Gasteiger charge is 2.32. The average molecular weight is 457 g/mol. The third-order valence-corrected chi connectivity index (χ3v) is 8.06. The quantitative estimate of drug-likeness (QED) is 0.530. The van der Waals surface area contributed by atoms with Crippen molar-refractivity contribution in [2.75, 3.05) is 24.3 Å². The van der Waals surface area contributed by atoms with Crippen molar-refractivity contribution in [3.05, 3.63) is 60.2 Å². The predicted molar refractivity (Wildman–Crippen MR) is 122 cm³/mol. The van der Waals surface area contributed by atoms with Crippen molar-refractivity contribution in [1.29, 1.82) is 0 Å². The number of aromatic nitrogens is 3. The molecular formula is C22H24N4O3S2. The van der Waals surface area contributed by atoms with E-state index in [1.54, 1.807) is 11.9 Å². The van der Waals surface area contributed by atoms with Gasteiger partial charge in [-0.15, -0.1) is 10.2 Å². The molecule has 1 aliphatic heterocycles. The Bertz CT molecular complexity index is 1190. The first-order valence-electron chi connectivity index (χ1n) is 10.0. The molecule has 4 rings (SSSR count). The van der Waals surface area contributed by atoms with Gasteiger partial charge in [-0.3, -0.25) is 9.36 Å². The lowest BCUT2D eigenvalue weighted by Gasteiger charge is -2.23. The minimum Gasteiger partial charge on any atom is -0.341 e. The standard InChI is InChI=1S/C22H24N4O3S2/c1-16-7-6-8-17(13-16)21-23-24-22(26(21)18-9-4-3-5-10-18)30-14-20(27)25(2)19-11-12-31(28,29)15-19/h3-10,13,19H,11-12,14-15H2,1-2H3. The molecule has 0 saturated carbocycles. The van der Waals surface area contributed by atoms with Crippen LogP contribution >= 0.6 is 11.8 Å². The summed E-state index contributed by atoms with van der Waals surface area (Å²) in [5.41, 5.74) is 2.98. The van der Waals surface area contributed by atoms with E-state index in [9.17, 15) is 13.2 Å². The zero-order valence-corrected chi connectivity index (χ0v) is 19.1. The highest BCUT2D eigenvalue weighted by Crippen LogP contribution is 2.29. The van der Waals surface area contributed by atoms with E-state index in [2.05, 4.69) is 16.3 Å². The average Bonchev–Trinajstić information content (AvgIpc) is 3.35. The summed E-state index contributed by atoms with van der Waals surface area (Å²) < 4.78 is 25.4. The van der Waals surface area contributed by atoms with Crippen LogP contribution in [0.5, 0.6) is 0 Å². The molecule has 0 spiro atoms. The molecule has 0 radical (unpaired) electrons. The molecule has 0 aliphatic carbocycles. The molecule has 1 aromatic heterocycles. The van der Waals surface area contributed by atoms with Gasteiger partial charge < -0.3 is 4.90 Å². The molecule has 31 heavy (non-hydrogen) atoms. The molecule has 1 aliphatic rings. The maximum atomic E-state index is 12.7. The summed E-state index contributed by atoms with van der Waals surface area (Å²) in [6.07, 6.45) is 0.493. The molecule has 0 N–H and O–H groups in total. The highest BCUT2D eigenvalue weighted by atomic mass is 32.2. The van der Waals surface area contributed by atoms with Crippen LogP contribution in [0.3, 0.4) is 0 Å². The maximum absolute atomic E-state index is 12.7. The van der Waals surface area contributed by atoms with Gasteiger partial charge in [-0.05, 0) is 31.5 Å². The van der Waals surface area contributed by atoms with Crippen molar-refractivity contribution >= 4 is 27.5 Å². The summed E-state index contributed by atoms with van der Waals surface area (Å²) in [6.45, 7) is 2.03. The molecule has 2 aromatic carbocycles. The summed E-state index contributed by atoms with van der Waals surface area (Å²) in [5, 5.41) is 9.39. The lowest BCUT2D eigenvalue weighted by atomic mass is 10.1. The van der Waals surface area contributed by atoms with E-state index >= 15 is 0 Å². The van der Waals surface area contributed by atoms with Crippen LogP contribution in [0, 0.1) is 6.92 Å². The Morgan fingerprint density at radius 2 is 1.94 bits per heavy atom. The topological polar surface area (TPSA) is 85.2 Å². The van der Waals surface area contributed by atoms with E-state index in [1.165, 1.54) is 11.8 Å². The number of para-hydroxylation sites is 1. The lowest BCUT2D eigenvalue weighted by Crippen LogP contribution is -2.38. The van der Waals surface area contributed by atoms with E-state index in [4.69, 9.17) is 0 Å². The molecule has 162 valence electrons. The Hall–Kier alpha value is -2.65. The number of benzene rings is 2. The first-order chi connectivity index (χ1) is 14.8. The number of carbonyl (C=O) groups is 1. The van der Waals surface area contributed by atoms with Crippen molar-refractivity contribution in [1.82, 2.24) is 19.7 Å². The molecule has 1 unspecified atom stereocenters. The number of rotatable bonds is 6. The van der Waals surface area contributed by atoms with Crippen molar-refractivity contribution in [2.45, 2.75) is 24.5 Å². The SMILES string of the molecule is Cc1cccc(-c2nnc(SCC(=O)N(C)C3CCS(=O)(=O)C3)n2-c2ccccc2)c1. The van der Waals surface area contributed by atoms with E-state index in [0.717, 1.165) is 16.8 Å². The Balaban J connectivity index is 1.58. The molecule has 2 heterocycles. The molecule has 1 amide bonds. The van der Waals surface area contributed by atoms with E-state index < -0.39 is 9.84 Å². The lowest BCUT2D eigenvalue weighted by molar-refractivity contribution is -0.128. The van der Waals surface area contributed by atoms with Gasteiger partial charge in [0.2, 0.25) is 5.91 Å². The van der Waals surface area contributed by atoms with Gasteiger partial charge >= 0.3 is 0 Å². The van der Waals surface area contributed by atoms with E-state index in [1.807, 2.05) is 60.0 Å². The molecule has 1 atom stereocenters. The molecule has 9 heteroatoms. The van der Waals surface area contributed by atoms with Crippen LogP contribution in [0.2, 0.25) is 0 Å². The molecule has 1 fully saturated rings. The van der Waals surface area contributed by atoms with Crippen LogP contribution in [0.15, 0.2) is 59.8 Å². The normalized spacial score (nSPS) is 17.5. The first-order valence-corrected chi connectivity index (χ1v) is 12.8. The molecule has 1 saturated heterocycles. The molecule has 0 bridgehead atoms. The van der Waals surface area contributed by atoms with Crippen LogP contribution < -0.4 is 0 Å². The monoisotopic (exact) mass is 456 g/mol. The van der Waals surface area contributed by atoms with Crippen LogP contribution in [0.1, 0.15) is 12.0 Å². The van der Waals surface area contributed by atoms with Crippen LogP contribution in [-0.2, 0) is 14.6 Å². The van der Waals surface area contributed by atoms with Crippen molar-refractivity contribution in [3.8, 4) is 17.1 Å². The summed E-state index contributed by atoms with van der Waals surface area (Å²) in [5.74, 6) is 0.931. The third kappa shape index (κ3) is 4.83.